The number of aromatic nitrogens is 1. The number of hydrogen-bond acceptors (Lipinski definition) is 4. The van der Waals surface area contributed by atoms with Crippen LogP contribution in [0, 0.1) is 5.92 Å². The van der Waals surface area contributed by atoms with Gasteiger partial charge < -0.3 is 15.0 Å². The first kappa shape index (κ1) is 18.5. The molecule has 150 valence electrons. The lowest BCUT2D eigenvalue weighted by Crippen LogP contribution is -2.50. The Morgan fingerprint density at radius 3 is 2.68 bits per heavy atom. The lowest BCUT2D eigenvalue weighted by molar-refractivity contribution is 0.136. The van der Waals surface area contributed by atoms with Crippen LogP contribution in [-0.4, -0.2) is 54.3 Å². The van der Waals surface area contributed by atoms with Crippen molar-refractivity contribution in [3.05, 3.63) is 42.1 Å². The first-order valence-corrected chi connectivity index (χ1v) is 11.3. The monoisotopic (exact) mass is 379 g/mol. The highest BCUT2D eigenvalue weighted by Crippen LogP contribution is 2.28. The van der Waals surface area contributed by atoms with Gasteiger partial charge in [0.15, 0.2) is 0 Å². The number of ether oxygens (including phenoxy) is 1. The fourth-order valence-electron chi connectivity index (χ4n) is 5.60. The van der Waals surface area contributed by atoms with Crippen LogP contribution in [0.25, 0.3) is 10.9 Å². The molecule has 1 aromatic carbocycles. The molecule has 0 spiro atoms. The van der Waals surface area contributed by atoms with Gasteiger partial charge in [-0.05, 0) is 62.9 Å². The quantitative estimate of drug-likeness (QED) is 0.858. The maximum atomic E-state index is 5.91. The molecule has 3 heterocycles. The summed E-state index contributed by atoms with van der Waals surface area (Å²) in [6, 6.07) is 12.7. The lowest BCUT2D eigenvalue weighted by atomic mass is 9.91. The Hall–Kier alpha value is -1.49. The molecule has 0 radical (unpaired) electrons. The molecule has 3 fully saturated rings. The number of para-hydroxylation sites is 1. The Labute approximate surface area is 168 Å². The first-order valence-electron chi connectivity index (χ1n) is 11.3. The maximum absolute atomic E-state index is 5.91. The van der Waals surface area contributed by atoms with E-state index in [1.807, 2.05) is 6.20 Å². The molecule has 1 aliphatic carbocycles. The second kappa shape index (κ2) is 8.48. The fraction of sp³-hybridized carbons (Fsp3) is 0.625. The molecule has 5 rings (SSSR count). The molecule has 3 aliphatic rings. The summed E-state index contributed by atoms with van der Waals surface area (Å²) in [6.45, 7) is 4.27. The van der Waals surface area contributed by atoms with Crippen LogP contribution < -0.4 is 5.32 Å². The van der Waals surface area contributed by atoms with Gasteiger partial charge in [-0.25, -0.2) is 0 Å². The van der Waals surface area contributed by atoms with Crippen LogP contribution in [-0.2, 0) is 11.2 Å². The summed E-state index contributed by atoms with van der Waals surface area (Å²) in [5.41, 5.74) is 2.51. The molecule has 2 aromatic rings. The molecule has 2 saturated heterocycles. The van der Waals surface area contributed by atoms with Crippen LogP contribution in [0.2, 0.25) is 0 Å². The van der Waals surface area contributed by atoms with Crippen molar-refractivity contribution in [2.75, 3.05) is 26.3 Å². The van der Waals surface area contributed by atoms with Gasteiger partial charge in [0, 0.05) is 35.6 Å². The standard InChI is InChI=1S/C24H33N3O/c1-2-6-21(5-1)27-13-10-20(11-14-27)26-24-17-28-16-19(24)15-18-9-12-25-23-8-4-3-7-22(18)23/h3-4,7-9,12,19-21,24,26H,1-2,5-6,10-11,13-17H2/t19-,24-/m1/s1. The van der Waals surface area contributed by atoms with E-state index >= 15 is 0 Å². The molecule has 2 atom stereocenters. The Morgan fingerprint density at radius 2 is 1.82 bits per heavy atom. The van der Waals surface area contributed by atoms with Gasteiger partial charge in [0.05, 0.1) is 18.7 Å². The third-order valence-corrected chi connectivity index (χ3v) is 7.24. The van der Waals surface area contributed by atoms with E-state index in [9.17, 15) is 0 Å². The molecular formula is C24H33N3O. The molecule has 4 nitrogen and oxygen atoms in total. The zero-order valence-corrected chi connectivity index (χ0v) is 16.9. The molecule has 0 amide bonds. The molecule has 1 N–H and O–H groups in total. The highest BCUT2D eigenvalue weighted by atomic mass is 16.5. The van der Waals surface area contributed by atoms with Gasteiger partial charge >= 0.3 is 0 Å². The Balaban J connectivity index is 1.19. The maximum Gasteiger partial charge on any atom is 0.0704 e. The van der Waals surface area contributed by atoms with E-state index in [2.05, 4.69) is 45.5 Å². The van der Waals surface area contributed by atoms with Gasteiger partial charge in [-0.2, -0.15) is 0 Å². The van der Waals surface area contributed by atoms with Crippen LogP contribution >= 0.6 is 0 Å². The van der Waals surface area contributed by atoms with Gasteiger partial charge in [-0.3, -0.25) is 4.98 Å². The van der Waals surface area contributed by atoms with Crippen LogP contribution in [0.3, 0.4) is 0 Å². The summed E-state index contributed by atoms with van der Waals surface area (Å²) in [4.78, 5) is 7.28. The second-order valence-corrected chi connectivity index (χ2v) is 9.01. The van der Waals surface area contributed by atoms with E-state index in [0.29, 0.717) is 18.0 Å². The number of benzene rings is 1. The molecule has 28 heavy (non-hydrogen) atoms. The zero-order valence-electron chi connectivity index (χ0n) is 16.9. The van der Waals surface area contributed by atoms with Gasteiger partial charge in [0.1, 0.15) is 0 Å². The van der Waals surface area contributed by atoms with E-state index in [-0.39, 0.29) is 0 Å². The summed E-state index contributed by atoms with van der Waals surface area (Å²) in [5, 5.41) is 5.27. The number of nitrogens with zero attached hydrogens (tertiary/aromatic N) is 2. The number of likely N-dealkylation sites (tertiary alicyclic amines) is 1. The molecule has 0 bridgehead atoms. The fourth-order valence-corrected chi connectivity index (χ4v) is 5.60. The number of nitrogens with one attached hydrogen (secondary N) is 1. The normalized spacial score (nSPS) is 27.7. The predicted molar refractivity (Wildman–Crippen MR) is 114 cm³/mol. The van der Waals surface area contributed by atoms with E-state index < -0.39 is 0 Å². The minimum Gasteiger partial charge on any atom is -0.379 e. The number of rotatable bonds is 5. The lowest BCUT2D eigenvalue weighted by Gasteiger charge is -2.37. The van der Waals surface area contributed by atoms with Gasteiger partial charge in [0.25, 0.3) is 0 Å². The first-order chi connectivity index (χ1) is 13.9. The van der Waals surface area contributed by atoms with Gasteiger partial charge in [0.2, 0.25) is 0 Å². The summed E-state index contributed by atoms with van der Waals surface area (Å²) in [6.07, 6.45) is 11.3. The average molecular weight is 380 g/mol. The third-order valence-electron chi connectivity index (χ3n) is 7.24. The van der Waals surface area contributed by atoms with E-state index in [1.165, 1.54) is 62.6 Å². The van der Waals surface area contributed by atoms with Crippen molar-refractivity contribution in [2.45, 2.75) is 63.1 Å². The average Bonchev–Trinajstić information content (AvgIpc) is 3.42. The van der Waals surface area contributed by atoms with Crippen molar-refractivity contribution < 1.29 is 4.74 Å². The van der Waals surface area contributed by atoms with Crippen LogP contribution in [0.5, 0.6) is 0 Å². The number of piperidine rings is 1. The highest BCUT2D eigenvalue weighted by molar-refractivity contribution is 5.81. The summed E-state index contributed by atoms with van der Waals surface area (Å²) >= 11 is 0. The third kappa shape index (κ3) is 3.96. The molecular weight excluding hydrogens is 346 g/mol. The summed E-state index contributed by atoms with van der Waals surface area (Å²) in [7, 11) is 0. The smallest absolute Gasteiger partial charge is 0.0704 e. The van der Waals surface area contributed by atoms with E-state index in [1.54, 1.807) is 0 Å². The van der Waals surface area contributed by atoms with Crippen LogP contribution in [0.4, 0.5) is 0 Å². The second-order valence-electron chi connectivity index (χ2n) is 9.01. The van der Waals surface area contributed by atoms with E-state index in [4.69, 9.17) is 4.74 Å². The summed E-state index contributed by atoms with van der Waals surface area (Å²) in [5.74, 6) is 0.554. The van der Waals surface area contributed by atoms with Crippen molar-refractivity contribution in [3.63, 3.8) is 0 Å². The Bertz CT molecular complexity index is 775. The zero-order chi connectivity index (χ0) is 18.8. The minimum atomic E-state index is 0.481. The molecule has 1 aromatic heterocycles. The van der Waals surface area contributed by atoms with E-state index in [0.717, 1.165) is 31.2 Å². The van der Waals surface area contributed by atoms with Crippen LogP contribution in [0.1, 0.15) is 44.1 Å². The Morgan fingerprint density at radius 1 is 1.00 bits per heavy atom. The van der Waals surface area contributed by atoms with Gasteiger partial charge in [-0.1, -0.05) is 31.0 Å². The minimum absolute atomic E-state index is 0.481. The van der Waals surface area contributed by atoms with Crippen molar-refractivity contribution in [2.24, 2.45) is 5.92 Å². The Kier molecular flexibility index (Phi) is 5.61. The van der Waals surface area contributed by atoms with Crippen LogP contribution in [0.15, 0.2) is 36.5 Å². The van der Waals surface area contributed by atoms with Crippen molar-refractivity contribution in [1.82, 2.24) is 15.2 Å². The summed E-state index contributed by atoms with van der Waals surface area (Å²) < 4.78 is 5.91. The number of hydrogen-bond donors (Lipinski definition) is 1. The molecule has 1 saturated carbocycles. The SMILES string of the molecule is c1ccc2c(C[C@@H]3COC[C@H]3NC3CCN(C4CCCC4)CC3)ccnc2c1. The highest BCUT2D eigenvalue weighted by Gasteiger charge is 2.33. The van der Waals surface area contributed by atoms with Crippen molar-refractivity contribution in [1.29, 1.82) is 0 Å². The van der Waals surface area contributed by atoms with Crippen molar-refractivity contribution >= 4 is 10.9 Å². The molecule has 2 aliphatic heterocycles. The van der Waals surface area contributed by atoms with Crippen molar-refractivity contribution in [3.8, 4) is 0 Å². The molecule has 4 heteroatoms. The topological polar surface area (TPSA) is 37.4 Å². The predicted octanol–water partition coefficient (Wildman–Crippen LogP) is 3.79. The number of pyridine rings is 1. The molecule has 0 unspecified atom stereocenters. The van der Waals surface area contributed by atoms with Gasteiger partial charge in [-0.15, -0.1) is 0 Å². The largest absolute Gasteiger partial charge is 0.379 e. The number of fused-ring (bicyclic) bond motifs is 1.